The highest BCUT2D eigenvalue weighted by atomic mass is 15.1. The molecule has 6 N–H and O–H groups in total. The lowest BCUT2D eigenvalue weighted by Gasteiger charge is -1.98. The summed E-state index contributed by atoms with van der Waals surface area (Å²) < 4.78 is 0. The Hall–Kier alpha value is -1.46. The maximum Gasteiger partial charge on any atom is 0.207 e. The number of guanidine groups is 2. The van der Waals surface area contributed by atoms with E-state index in [9.17, 15) is 0 Å². The standard InChI is InChI=1S/C4H10N6/c5-3(6)9-1-2-10-4(7)8/h1-2H2,(H3,5,6)(H3,7,8). The molecule has 0 aromatic carbocycles. The second kappa shape index (κ2) is 4.42. The molecule has 0 spiro atoms. The van der Waals surface area contributed by atoms with Crippen molar-refractivity contribution in [3.8, 4) is 0 Å². The number of nitrogens with two attached hydrogens (primary N) is 2. The molecule has 6 nitrogen and oxygen atoms in total. The van der Waals surface area contributed by atoms with E-state index in [0.29, 0.717) is 13.1 Å². The van der Waals surface area contributed by atoms with Crippen LogP contribution in [0.2, 0.25) is 0 Å². The van der Waals surface area contributed by atoms with Crippen molar-refractivity contribution < 1.29 is 0 Å². The summed E-state index contributed by atoms with van der Waals surface area (Å²) in [6.45, 7) is 0.629. The van der Waals surface area contributed by atoms with Crippen molar-refractivity contribution in [3.05, 3.63) is 0 Å². The highest BCUT2D eigenvalue weighted by Crippen LogP contribution is 1.61. The number of hydrogen-bond donors (Lipinski definition) is 4. The molecule has 0 bridgehead atoms. The van der Waals surface area contributed by atoms with Crippen LogP contribution in [0.4, 0.5) is 0 Å². The maximum absolute atomic E-state index is 6.66. The highest BCUT2D eigenvalue weighted by Gasteiger charge is 1.91. The Labute approximate surface area is 59.0 Å². The summed E-state index contributed by atoms with van der Waals surface area (Å²) in [4.78, 5) is 0. The third kappa shape index (κ3) is 6.54. The molecule has 0 aromatic heterocycles. The summed E-state index contributed by atoms with van der Waals surface area (Å²) in [6, 6.07) is 0. The first-order valence-corrected chi connectivity index (χ1v) is 2.66. The number of rotatable bonds is 3. The molecule has 0 heterocycles. The van der Waals surface area contributed by atoms with Crippen LogP contribution < -0.4 is 22.1 Å². The lowest BCUT2D eigenvalue weighted by Crippen LogP contribution is -2.32. The van der Waals surface area contributed by atoms with E-state index in [1.165, 1.54) is 0 Å². The molecule has 0 amide bonds. The molecule has 2 radical (unpaired) electrons. The SMILES string of the molecule is N=C(N)[N]CC[N]C(=N)N. The van der Waals surface area contributed by atoms with E-state index < -0.39 is 0 Å². The van der Waals surface area contributed by atoms with Crippen LogP contribution in [-0.4, -0.2) is 25.0 Å². The zero-order valence-corrected chi connectivity index (χ0v) is 5.46. The number of hydrogen-bond acceptors (Lipinski definition) is 2. The van der Waals surface area contributed by atoms with Gasteiger partial charge in [0.1, 0.15) is 0 Å². The summed E-state index contributed by atoms with van der Waals surface area (Å²) in [5, 5.41) is 20.4. The van der Waals surface area contributed by atoms with Gasteiger partial charge in [-0.2, -0.15) is 0 Å². The minimum absolute atomic E-state index is 0.223. The van der Waals surface area contributed by atoms with E-state index in [1.807, 2.05) is 0 Å². The van der Waals surface area contributed by atoms with Crippen LogP contribution in [0.1, 0.15) is 0 Å². The van der Waals surface area contributed by atoms with Crippen LogP contribution in [0.25, 0.3) is 0 Å². The Balaban J connectivity index is 3.06. The molecule has 0 fully saturated rings. The maximum atomic E-state index is 6.66. The smallest absolute Gasteiger partial charge is 0.207 e. The Morgan fingerprint density at radius 3 is 1.50 bits per heavy atom. The van der Waals surface area contributed by atoms with Crippen molar-refractivity contribution in [1.82, 2.24) is 10.6 Å². The van der Waals surface area contributed by atoms with Gasteiger partial charge in [0.2, 0.25) is 11.9 Å². The summed E-state index contributed by atoms with van der Waals surface area (Å²) in [5.41, 5.74) is 9.80. The van der Waals surface area contributed by atoms with Crippen LogP contribution >= 0.6 is 0 Å². The topological polar surface area (TPSA) is 128 Å². The number of nitrogens with zero attached hydrogens (tertiary/aromatic N) is 2. The van der Waals surface area contributed by atoms with Crippen molar-refractivity contribution in [2.75, 3.05) is 13.1 Å². The quantitative estimate of drug-likeness (QED) is 0.206. The zero-order chi connectivity index (χ0) is 7.98. The predicted molar refractivity (Wildman–Crippen MR) is 37.8 cm³/mol. The molecule has 6 heteroatoms. The Morgan fingerprint density at radius 2 is 1.30 bits per heavy atom. The highest BCUT2D eigenvalue weighted by molar-refractivity contribution is 5.75. The van der Waals surface area contributed by atoms with Crippen molar-refractivity contribution in [2.24, 2.45) is 11.5 Å². The summed E-state index contributed by atoms with van der Waals surface area (Å²) >= 11 is 0. The van der Waals surface area contributed by atoms with Crippen LogP contribution in [0, 0.1) is 10.8 Å². The molecular weight excluding hydrogens is 132 g/mol. The Bertz CT molecular complexity index is 114. The van der Waals surface area contributed by atoms with Crippen molar-refractivity contribution >= 4 is 11.9 Å². The van der Waals surface area contributed by atoms with Crippen LogP contribution in [-0.2, 0) is 0 Å². The molecule has 0 aliphatic carbocycles. The molecule has 10 heavy (non-hydrogen) atoms. The molecule has 0 aliphatic rings. The average molecular weight is 142 g/mol. The van der Waals surface area contributed by atoms with Gasteiger partial charge in [-0.3, -0.25) is 21.5 Å². The Morgan fingerprint density at radius 1 is 1.00 bits per heavy atom. The fourth-order valence-corrected chi connectivity index (χ4v) is 0.341. The second-order valence-electron chi connectivity index (χ2n) is 1.53. The van der Waals surface area contributed by atoms with Crippen LogP contribution in [0.15, 0.2) is 0 Å². The van der Waals surface area contributed by atoms with E-state index in [1.54, 1.807) is 0 Å². The zero-order valence-electron chi connectivity index (χ0n) is 5.46. The number of nitrogens with one attached hydrogen (secondary N) is 2. The lowest BCUT2D eigenvalue weighted by molar-refractivity contribution is 0.780. The fraction of sp³-hybridized carbons (Fsp3) is 0.500. The van der Waals surface area contributed by atoms with Crippen molar-refractivity contribution in [3.63, 3.8) is 0 Å². The third-order valence-electron chi connectivity index (χ3n) is 0.664. The van der Waals surface area contributed by atoms with Gasteiger partial charge in [0.15, 0.2) is 0 Å². The van der Waals surface area contributed by atoms with E-state index >= 15 is 0 Å². The predicted octanol–water partition coefficient (Wildman–Crippen LogP) is -2.02. The first-order chi connectivity index (χ1) is 4.63. The normalized spacial score (nSPS) is 8.40. The van der Waals surface area contributed by atoms with Gasteiger partial charge in [0, 0.05) is 0 Å². The molecule has 0 aliphatic heterocycles. The monoisotopic (exact) mass is 142 g/mol. The minimum Gasteiger partial charge on any atom is -0.369 e. The average Bonchev–Trinajstić information content (AvgIpc) is 1.79. The van der Waals surface area contributed by atoms with Gasteiger partial charge in [-0.05, 0) is 0 Å². The summed E-state index contributed by atoms with van der Waals surface area (Å²) in [6.07, 6.45) is 0. The van der Waals surface area contributed by atoms with Crippen molar-refractivity contribution in [2.45, 2.75) is 0 Å². The third-order valence-corrected chi connectivity index (χ3v) is 0.664. The van der Waals surface area contributed by atoms with Gasteiger partial charge in [0.05, 0.1) is 13.1 Å². The molecular formula is C4H10N6. The molecule has 0 saturated carbocycles. The fourth-order valence-electron chi connectivity index (χ4n) is 0.341. The summed E-state index contributed by atoms with van der Waals surface area (Å²) in [7, 11) is 0. The van der Waals surface area contributed by atoms with E-state index in [2.05, 4.69) is 10.6 Å². The van der Waals surface area contributed by atoms with E-state index in [4.69, 9.17) is 22.3 Å². The van der Waals surface area contributed by atoms with E-state index in [-0.39, 0.29) is 11.9 Å². The second-order valence-corrected chi connectivity index (χ2v) is 1.53. The lowest BCUT2D eigenvalue weighted by atomic mass is 10.6. The molecule has 0 atom stereocenters. The molecule has 0 rings (SSSR count). The largest absolute Gasteiger partial charge is 0.369 e. The minimum atomic E-state index is -0.223. The molecule has 56 valence electrons. The molecule has 0 aromatic rings. The van der Waals surface area contributed by atoms with Gasteiger partial charge in [0.25, 0.3) is 0 Å². The van der Waals surface area contributed by atoms with Gasteiger partial charge < -0.3 is 11.5 Å². The van der Waals surface area contributed by atoms with Crippen LogP contribution in [0.5, 0.6) is 0 Å². The van der Waals surface area contributed by atoms with Gasteiger partial charge in [-0.15, -0.1) is 0 Å². The van der Waals surface area contributed by atoms with E-state index in [0.717, 1.165) is 0 Å². The first kappa shape index (κ1) is 8.54. The first-order valence-electron chi connectivity index (χ1n) is 2.66. The van der Waals surface area contributed by atoms with Crippen molar-refractivity contribution in [1.29, 1.82) is 10.8 Å². The molecule has 0 unspecified atom stereocenters. The summed E-state index contributed by atoms with van der Waals surface area (Å²) in [5.74, 6) is -0.447. The van der Waals surface area contributed by atoms with Gasteiger partial charge >= 0.3 is 0 Å². The van der Waals surface area contributed by atoms with Gasteiger partial charge in [-0.1, -0.05) is 0 Å². The van der Waals surface area contributed by atoms with Crippen LogP contribution in [0.3, 0.4) is 0 Å². The van der Waals surface area contributed by atoms with Gasteiger partial charge in [-0.25, -0.2) is 0 Å². The molecule has 0 saturated heterocycles. The Kier molecular flexibility index (Phi) is 3.78.